The molecule has 98 valence electrons. The van der Waals surface area contributed by atoms with Crippen LogP contribution < -0.4 is 11.1 Å². The average Bonchev–Trinajstić information content (AvgIpc) is 2.91. The largest absolute Gasteiger partial charge is 0.374 e. The number of hydrogen-bond donors (Lipinski definition) is 2. The van der Waals surface area contributed by atoms with Gasteiger partial charge in [0.05, 0.1) is 12.2 Å². The highest BCUT2D eigenvalue weighted by Crippen LogP contribution is 2.29. The van der Waals surface area contributed by atoms with E-state index in [1.165, 1.54) is 0 Å². The molecule has 1 aliphatic heterocycles. The van der Waals surface area contributed by atoms with E-state index in [2.05, 4.69) is 15.5 Å². The summed E-state index contributed by atoms with van der Waals surface area (Å²) in [7, 11) is 0. The van der Waals surface area contributed by atoms with Crippen LogP contribution in [0.25, 0.3) is 0 Å². The lowest BCUT2D eigenvalue weighted by molar-refractivity contribution is -0.125. The van der Waals surface area contributed by atoms with Crippen LogP contribution in [0.3, 0.4) is 0 Å². The Kier molecular flexibility index (Phi) is 4.21. The van der Waals surface area contributed by atoms with Crippen LogP contribution in [0.2, 0.25) is 0 Å². The first-order valence-corrected chi connectivity index (χ1v) is 5.83. The molecule has 0 radical (unpaired) electrons. The maximum Gasteiger partial charge on any atom is 0.239 e. The predicted octanol–water partition coefficient (Wildman–Crippen LogP) is 0.817. The number of nitrogens with two attached hydrogens (primary N) is 1. The van der Waals surface area contributed by atoms with Gasteiger partial charge in [-0.1, -0.05) is 0 Å². The summed E-state index contributed by atoms with van der Waals surface area (Å²) >= 11 is 0. The maximum atomic E-state index is 11.6. The molecule has 0 aromatic carbocycles. The molecule has 17 heavy (non-hydrogen) atoms. The second kappa shape index (κ2) is 5.10. The van der Waals surface area contributed by atoms with Gasteiger partial charge in [-0.2, -0.15) is 10.2 Å². The maximum absolute atomic E-state index is 11.6. The van der Waals surface area contributed by atoms with Crippen LogP contribution in [-0.2, 0) is 9.53 Å². The van der Waals surface area contributed by atoms with E-state index < -0.39 is 6.04 Å². The molecule has 1 amide bonds. The minimum Gasteiger partial charge on any atom is -0.374 e. The zero-order valence-corrected chi connectivity index (χ0v) is 11.0. The summed E-state index contributed by atoms with van der Waals surface area (Å²) in [5.41, 5.74) is 5.15. The SMILES string of the molecule is CC1(CCNC(=O)[C@@H](N)COC(C)(C)C)N=N1. The molecule has 1 rings (SSSR count). The summed E-state index contributed by atoms with van der Waals surface area (Å²) in [5.74, 6) is -0.196. The van der Waals surface area contributed by atoms with Crippen molar-refractivity contribution in [3.05, 3.63) is 0 Å². The number of carbonyl (C=O) groups is 1. The van der Waals surface area contributed by atoms with Crippen molar-refractivity contribution in [3.8, 4) is 0 Å². The van der Waals surface area contributed by atoms with Gasteiger partial charge in [-0.15, -0.1) is 0 Å². The molecule has 0 aromatic heterocycles. The second-order valence-electron chi connectivity index (χ2n) is 5.49. The van der Waals surface area contributed by atoms with E-state index >= 15 is 0 Å². The Morgan fingerprint density at radius 2 is 2.06 bits per heavy atom. The van der Waals surface area contributed by atoms with Gasteiger partial charge >= 0.3 is 0 Å². The van der Waals surface area contributed by atoms with E-state index in [0.29, 0.717) is 13.0 Å². The molecule has 0 saturated heterocycles. The molecule has 3 N–H and O–H groups in total. The number of ether oxygens (including phenoxy) is 1. The molecule has 0 aliphatic carbocycles. The van der Waals surface area contributed by atoms with Gasteiger partial charge in [0.1, 0.15) is 6.04 Å². The van der Waals surface area contributed by atoms with E-state index in [4.69, 9.17) is 10.5 Å². The van der Waals surface area contributed by atoms with Crippen LogP contribution >= 0.6 is 0 Å². The van der Waals surface area contributed by atoms with Gasteiger partial charge in [-0.25, -0.2) is 0 Å². The van der Waals surface area contributed by atoms with Crippen LogP contribution in [0, 0.1) is 0 Å². The van der Waals surface area contributed by atoms with Crippen molar-refractivity contribution in [1.29, 1.82) is 0 Å². The molecule has 0 spiro atoms. The van der Waals surface area contributed by atoms with Gasteiger partial charge in [-0.3, -0.25) is 4.79 Å². The van der Waals surface area contributed by atoms with Crippen molar-refractivity contribution in [2.75, 3.05) is 13.2 Å². The third kappa shape index (κ3) is 5.74. The molecule has 0 unspecified atom stereocenters. The second-order valence-corrected chi connectivity index (χ2v) is 5.49. The summed E-state index contributed by atoms with van der Waals surface area (Å²) in [5, 5.41) is 10.5. The lowest BCUT2D eigenvalue weighted by Gasteiger charge is -2.22. The van der Waals surface area contributed by atoms with Crippen molar-refractivity contribution in [1.82, 2.24) is 5.32 Å². The Bertz CT molecular complexity index is 303. The molecule has 1 atom stereocenters. The molecular formula is C11H22N4O2. The Morgan fingerprint density at radius 3 is 2.53 bits per heavy atom. The van der Waals surface area contributed by atoms with E-state index in [1.807, 2.05) is 27.7 Å². The van der Waals surface area contributed by atoms with Crippen LogP contribution in [-0.4, -0.2) is 36.4 Å². The monoisotopic (exact) mass is 242 g/mol. The van der Waals surface area contributed by atoms with Gasteiger partial charge in [0, 0.05) is 13.0 Å². The summed E-state index contributed by atoms with van der Waals surface area (Å²) in [4.78, 5) is 11.6. The Balaban J connectivity index is 2.13. The van der Waals surface area contributed by atoms with E-state index in [0.717, 1.165) is 0 Å². The number of nitrogens with zero attached hydrogens (tertiary/aromatic N) is 2. The van der Waals surface area contributed by atoms with Gasteiger partial charge < -0.3 is 15.8 Å². The summed E-state index contributed by atoms with van der Waals surface area (Å²) in [6.45, 7) is 8.45. The average molecular weight is 242 g/mol. The summed E-state index contributed by atoms with van der Waals surface area (Å²) in [6.07, 6.45) is 0.714. The zero-order valence-electron chi connectivity index (χ0n) is 11.0. The predicted molar refractivity (Wildman–Crippen MR) is 64.6 cm³/mol. The normalized spacial score (nSPS) is 18.9. The third-order valence-electron chi connectivity index (χ3n) is 2.37. The molecule has 6 nitrogen and oxygen atoms in total. The van der Waals surface area contributed by atoms with Gasteiger partial charge in [-0.05, 0) is 27.7 Å². The topological polar surface area (TPSA) is 89.1 Å². The van der Waals surface area contributed by atoms with E-state index in [9.17, 15) is 4.79 Å². The fourth-order valence-corrected chi connectivity index (χ4v) is 1.15. The third-order valence-corrected chi connectivity index (χ3v) is 2.37. The van der Waals surface area contributed by atoms with Crippen LogP contribution in [0.1, 0.15) is 34.1 Å². The van der Waals surface area contributed by atoms with E-state index in [1.54, 1.807) is 0 Å². The molecule has 1 heterocycles. The molecule has 0 fully saturated rings. The Hall–Kier alpha value is -1.01. The van der Waals surface area contributed by atoms with Crippen molar-refractivity contribution >= 4 is 5.91 Å². The number of rotatable bonds is 6. The van der Waals surface area contributed by atoms with Crippen molar-refractivity contribution in [2.45, 2.75) is 51.4 Å². The fourth-order valence-electron chi connectivity index (χ4n) is 1.15. The number of nitrogens with one attached hydrogen (secondary N) is 1. The first kappa shape index (κ1) is 14.1. The van der Waals surface area contributed by atoms with Crippen LogP contribution in [0.5, 0.6) is 0 Å². The van der Waals surface area contributed by atoms with Gasteiger partial charge in [0.25, 0.3) is 0 Å². The van der Waals surface area contributed by atoms with Gasteiger partial charge in [0.15, 0.2) is 5.66 Å². The summed E-state index contributed by atoms with van der Waals surface area (Å²) < 4.78 is 5.45. The molecule has 0 aromatic rings. The fraction of sp³-hybridized carbons (Fsp3) is 0.909. The first-order valence-electron chi connectivity index (χ1n) is 5.83. The van der Waals surface area contributed by atoms with Crippen molar-refractivity contribution in [2.24, 2.45) is 16.0 Å². The first-order chi connectivity index (χ1) is 7.72. The highest BCUT2D eigenvalue weighted by atomic mass is 16.5. The highest BCUT2D eigenvalue weighted by Gasteiger charge is 2.33. The molecule has 1 aliphatic rings. The number of hydrogen-bond acceptors (Lipinski definition) is 5. The standard InChI is InChI=1S/C11H22N4O2/c1-10(2,3)17-7-8(12)9(16)13-6-5-11(4)14-15-11/h8H,5-7,12H2,1-4H3,(H,13,16)/t8-/m0/s1. The Morgan fingerprint density at radius 1 is 1.47 bits per heavy atom. The minimum absolute atomic E-state index is 0.196. The lowest BCUT2D eigenvalue weighted by atomic mass is 10.2. The molecule has 0 bridgehead atoms. The quantitative estimate of drug-likeness (QED) is 0.722. The lowest BCUT2D eigenvalue weighted by Crippen LogP contribution is -2.45. The molecule has 0 saturated carbocycles. The molecular weight excluding hydrogens is 220 g/mol. The molecule has 6 heteroatoms. The highest BCUT2D eigenvalue weighted by molar-refractivity contribution is 5.81. The number of amides is 1. The van der Waals surface area contributed by atoms with Crippen LogP contribution in [0.15, 0.2) is 10.2 Å². The minimum atomic E-state index is -0.630. The van der Waals surface area contributed by atoms with Gasteiger partial charge in [0.2, 0.25) is 5.91 Å². The summed E-state index contributed by atoms with van der Waals surface area (Å²) in [6, 6.07) is -0.630. The van der Waals surface area contributed by atoms with Crippen LogP contribution in [0.4, 0.5) is 0 Å². The van der Waals surface area contributed by atoms with Crippen molar-refractivity contribution < 1.29 is 9.53 Å². The zero-order chi connectivity index (χ0) is 13.1. The van der Waals surface area contributed by atoms with E-state index in [-0.39, 0.29) is 23.8 Å². The Labute approximate surface area is 102 Å². The van der Waals surface area contributed by atoms with Crippen molar-refractivity contribution in [3.63, 3.8) is 0 Å². The smallest absolute Gasteiger partial charge is 0.239 e. The number of carbonyl (C=O) groups excluding carboxylic acids is 1.